The van der Waals surface area contributed by atoms with Crippen molar-refractivity contribution in [1.29, 1.82) is 0 Å². The van der Waals surface area contributed by atoms with Crippen LogP contribution in [0.25, 0.3) is 0 Å². The summed E-state index contributed by atoms with van der Waals surface area (Å²) in [7, 11) is 1.68. The first-order chi connectivity index (χ1) is 9.33. The van der Waals surface area contributed by atoms with Crippen LogP contribution in [0.4, 0.5) is 0 Å². The van der Waals surface area contributed by atoms with Gasteiger partial charge in [0, 0.05) is 33.0 Å². The summed E-state index contributed by atoms with van der Waals surface area (Å²) in [5, 5.41) is 3.43. The molecule has 0 radical (unpaired) electrons. The third-order valence-corrected chi connectivity index (χ3v) is 3.27. The van der Waals surface area contributed by atoms with Crippen LogP contribution in [-0.4, -0.2) is 64.9 Å². The number of nitrogens with one attached hydrogen (secondary N) is 1. The molecular formula is C14H29NO4. The van der Waals surface area contributed by atoms with Gasteiger partial charge in [-0.2, -0.15) is 0 Å². The van der Waals surface area contributed by atoms with Crippen LogP contribution in [0.3, 0.4) is 0 Å². The number of methoxy groups -OCH3 is 1. The van der Waals surface area contributed by atoms with Crippen LogP contribution in [0.15, 0.2) is 0 Å². The van der Waals surface area contributed by atoms with Gasteiger partial charge in [-0.15, -0.1) is 0 Å². The number of ether oxygens (including phenoxy) is 4. The zero-order chi connectivity index (χ0) is 13.9. The second kappa shape index (κ2) is 10.6. The molecule has 0 aromatic heterocycles. The molecule has 1 aliphatic rings. The van der Waals surface area contributed by atoms with Gasteiger partial charge >= 0.3 is 0 Å². The minimum absolute atomic E-state index is 0.208. The van der Waals surface area contributed by atoms with Crippen LogP contribution in [0, 0.1) is 0 Å². The maximum absolute atomic E-state index is 5.85. The molecule has 0 heterocycles. The van der Waals surface area contributed by atoms with Crippen molar-refractivity contribution in [3.8, 4) is 0 Å². The number of hydrogen-bond acceptors (Lipinski definition) is 5. The van der Waals surface area contributed by atoms with Crippen LogP contribution in [0.1, 0.15) is 26.7 Å². The maximum atomic E-state index is 5.85. The largest absolute Gasteiger partial charge is 0.382 e. The lowest BCUT2D eigenvalue weighted by Gasteiger charge is -2.44. The predicted octanol–water partition coefficient (Wildman–Crippen LogP) is 1.21. The molecule has 0 aliphatic heterocycles. The number of likely N-dealkylation sites (N-methyl/N-ethyl adjacent to an activating group) is 1. The van der Waals surface area contributed by atoms with Crippen molar-refractivity contribution in [2.24, 2.45) is 0 Å². The molecule has 0 saturated heterocycles. The van der Waals surface area contributed by atoms with E-state index in [2.05, 4.69) is 12.2 Å². The molecule has 0 amide bonds. The molecule has 1 aliphatic carbocycles. The van der Waals surface area contributed by atoms with Crippen LogP contribution in [0.5, 0.6) is 0 Å². The normalized spacial score (nSPS) is 26.4. The monoisotopic (exact) mass is 275 g/mol. The Hall–Kier alpha value is -0.200. The number of hydrogen-bond donors (Lipinski definition) is 1. The van der Waals surface area contributed by atoms with E-state index >= 15 is 0 Å². The molecule has 0 spiro atoms. The van der Waals surface area contributed by atoms with Crippen molar-refractivity contribution in [2.75, 3.05) is 46.7 Å². The molecule has 5 nitrogen and oxygen atoms in total. The highest BCUT2D eigenvalue weighted by molar-refractivity contribution is 4.97. The smallest absolute Gasteiger partial charge is 0.0990 e. The van der Waals surface area contributed by atoms with Crippen molar-refractivity contribution in [3.05, 3.63) is 0 Å². The van der Waals surface area contributed by atoms with Crippen LogP contribution in [0.2, 0.25) is 0 Å². The number of rotatable bonds is 12. The standard InChI is InChI=1S/C14H29NO4/c1-4-15-12-11-13(14(12)18-5-2)19-8-6-7-17-10-9-16-3/h12-15H,4-11H2,1-3H3. The Morgan fingerprint density at radius 2 is 1.89 bits per heavy atom. The van der Waals surface area contributed by atoms with Gasteiger partial charge in [0.05, 0.1) is 25.4 Å². The summed E-state index contributed by atoms with van der Waals surface area (Å²) in [5.41, 5.74) is 0. The third-order valence-electron chi connectivity index (χ3n) is 3.27. The van der Waals surface area contributed by atoms with Crippen molar-refractivity contribution >= 4 is 0 Å². The van der Waals surface area contributed by atoms with Crippen molar-refractivity contribution in [2.45, 2.75) is 44.9 Å². The molecule has 5 heteroatoms. The highest BCUT2D eigenvalue weighted by Gasteiger charge is 2.41. The van der Waals surface area contributed by atoms with Gasteiger partial charge in [0.25, 0.3) is 0 Å². The Balaban J connectivity index is 2.02. The van der Waals surface area contributed by atoms with Gasteiger partial charge < -0.3 is 24.3 Å². The summed E-state index contributed by atoms with van der Waals surface area (Å²) in [4.78, 5) is 0. The molecular weight excluding hydrogens is 246 g/mol. The van der Waals surface area contributed by atoms with E-state index in [4.69, 9.17) is 18.9 Å². The van der Waals surface area contributed by atoms with E-state index in [0.29, 0.717) is 19.3 Å². The zero-order valence-corrected chi connectivity index (χ0v) is 12.5. The molecule has 3 unspecified atom stereocenters. The van der Waals surface area contributed by atoms with Crippen LogP contribution >= 0.6 is 0 Å². The minimum atomic E-state index is 0.208. The Kier molecular flexibility index (Phi) is 9.38. The molecule has 1 rings (SSSR count). The minimum Gasteiger partial charge on any atom is -0.382 e. The quantitative estimate of drug-likeness (QED) is 0.543. The Morgan fingerprint density at radius 3 is 2.58 bits per heavy atom. The first kappa shape index (κ1) is 16.9. The maximum Gasteiger partial charge on any atom is 0.0990 e. The van der Waals surface area contributed by atoms with Crippen molar-refractivity contribution in [3.63, 3.8) is 0 Å². The average Bonchev–Trinajstić information content (AvgIpc) is 2.41. The summed E-state index contributed by atoms with van der Waals surface area (Å²) < 4.78 is 21.9. The molecule has 114 valence electrons. The van der Waals surface area contributed by atoms with E-state index in [9.17, 15) is 0 Å². The molecule has 1 fully saturated rings. The molecule has 0 aromatic rings. The lowest BCUT2D eigenvalue weighted by molar-refractivity contribution is -0.146. The van der Waals surface area contributed by atoms with E-state index in [0.717, 1.165) is 39.2 Å². The van der Waals surface area contributed by atoms with Gasteiger partial charge in [-0.1, -0.05) is 6.92 Å². The SMILES string of the molecule is CCNC1CC(OCCCOCCOC)C1OCC. The van der Waals surface area contributed by atoms with Gasteiger partial charge in [0.2, 0.25) is 0 Å². The Morgan fingerprint density at radius 1 is 1.05 bits per heavy atom. The highest BCUT2D eigenvalue weighted by Crippen LogP contribution is 2.27. The topological polar surface area (TPSA) is 49.0 Å². The van der Waals surface area contributed by atoms with E-state index in [1.54, 1.807) is 7.11 Å². The van der Waals surface area contributed by atoms with E-state index in [1.807, 2.05) is 6.92 Å². The fourth-order valence-corrected chi connectivity index (χ4v) is 2.26. The van der Waals surface area contributed by atoms with Crippen molar-refractivity contribution in [1.82, 2.24) is 5.32 Å². The van der Waals surface area contributed by atoms with E-state index in [1.165, 1.54) is 0 Å². The summed E-state index contributed by atoms with van der Waals surface area (Å²) in [6.45, 7) is 8.65. The zero-order valence-electron chi connectivity index (χ0n) is 12.5. The summed E-state index contributed by atoms with van der Waals surface area (Å²) in [6.07, 6.45) is 2.41. The Labute approximate surface area is 116 Å². The fourth-order valence-electron chi connectivity index (χ4n) is 2.26. The van der Waals surface area contributed by atoms with Crippen LogP contribution < -0.4 is 5.32 Å². The molecule has 0 bridgehead atoms. The highest BCUT2D eigenvalue weighted by atomic mass is 16.5. The molecule has 0 aromatic carbocycles. The second-order valence-corrected chi connectivity index (χ2v) is 4.69. The van der Waals surface area contributed by atoms with Gasteiger partial charge in [-0.25, -0.2) is 0 Å². The van der Waals surface area contributed by atoms with Gasteiger partial charge in [-0.3, -0.25) is 0 Å². The molecule has 3 atom stereocenters. The van der Waals surface area contributed by atoms with Gasteiger partial charge in [-0.05, 0) is 26.3 Å². The first-order valence-electron chi connectivity index (χ1n) is 7.36. The first-order valence-corrected chi connectivity index (χ1v) is 7.36. The summed E-state index contributed by atoms with van der Waals surface area (Å²) in [6, 6.07) is 0.452. The third kappa shape index (κ3) is 6.19. The Bertz CT molecular complexity index is 216. The van der Waals surface area contributed by atoms with Gasteiger partial charge in [0.15, 0.2) is 0 Å². The lowest BCUT2D eigenvalue weighted by atomic mass is 9.85. The summed E-state index contributed by atoms with van der Waals surface area (Å²) in [5.74, 6) is 0. The van der Waals surface area contributed by atoms with Crippen LogP contribution in [-0.2, 0) is 18.9 Å². The summed E-state index contributed by atoms with van der Waals surface area (Å²) >= 11 is 0. The fraction of sp³-hybridized carbons (Fsp3) is 1.00. The van der Waals surface area contributed by atoms with E-state index in [-0.39, 0.29) is 12.2 Å². The average molecular weight is 275 g/mol. The van der Waals surface area contributed by atoms with Crippen molar-refractivity contribution < 1.29 is 18.9 Å². The van der Waals surface area contributed by atoms with Gasteiger partial charge in [0.1, 0.15) is 0 Å². The molecule has 1 N–H and O–H groups in total. The van der Waals surface area contributed by atoms with E-state index < -0.39 is 0 Å². The second-order valence-electron chi connectivity index (χ2n) is 4.69. The molecule has 1 saturated carbocycles. The molecule has 19 heavy (non-hydrogen) atoms. The predicted molar refractivity (Wildman–Crippen MR) is 74.5 cm³/mol. The lowest BCUT2D eigenvalue weighted by Crippen LogP contribution is -2.60.